The Morgan fingerprint density at radius 3 is 2.47 bits per heavy atom. The third-order valence-corrected chi connectivity index (χ3v) is 3.93. The van der Waals surface area contributed by atoms with E-state index in [1.54, 1.807) is 12.1 Å². The van der Waals surface area contributed by atoms with Crippen LogP contribution in [0.2, 0.25) is 0 Å². The highest BCUT2D eigenvalue weighted by Gasteiger charge is 2.14. The number of urea groups is 1. The second-order valence-corrected chi connectivity index (χ2v) is 5.36. The summed E-state index contributed by atoms with van der Waals surface area (Å²) in [6.07, 6.45) is 6.53. The summed E-state index contributed by atoms with van der Waals surface area (Å²) in [5.74, 6) is 1.50. The summed E-state index contributed by atoms with van der Waals surface area (Å²) in [6.45, 7) is 0.778. The minimum atomic E-state index is -0.598. The Morgan fingerprint density at radius 2 is 1.89 bits per heavy atom. The summed E-state index contributed by atoms with van der Waals surface area (Å²) in [7, 11) is 0. The number of anilines is 1. The van der Waals surface area contributed by atoms with Gasteiger partial charge in [0, 0.05) is 0 Å². The Balaban J connectivity index is 1.86. The van der Waals surface area contributed by atoms with Gasteiger partial charge in [0.2, 0.25) is 0 Å². The lowest BCUT2D eigenvalue weighted by Gasteiger charge is -2.21. The molecule has 104 valence electrons. The van der Waals surface area contributed by atoms with Crippen molar-refractivity contribution in [2.24, 2.45) is 11.7 Å². The number of primary amides is 1. The van der Waals surface area contributed by atoms with Crippen LogP contribution in [0.15, 0.2) is 24.3 Å². The fourth-order valence-electron chi connectivity index (χ4n) is 2.38. The Hall–Kier alpha value is -1.36. The van der Waals surface area contributed by atoms with E-state index in [1.165, 1.54) is 32.1 Å². The molecule has 1 saturated carbocycles. The Morgan fingerprint density at radius 1 is 1.26 bits per heavy atom. The van der Waals surface area contributed by atoms with Gasteiger partial charge >= 0.3 is 6.03 Å². The minimum Gasteiger partial charge on any atom is -0.493 e. The van der Waals surface area contributed by atoms with Gasteiger partial charge in [-0.25, -0.2) is 9.10 Å². The Bertz CT molecular complexity index is 416. The maximum Gasteiger partial charge on any atom is 0.329 e. The third kappa shape index (κ3) is 4.06. The summed E-state index contributed by atoms with van der Waals surface area (Å²) < 4.78 is 6.88. The van der Waals surface area contributed by atoms with Crippen molar-refractivity contribution in [3.63, 3.8) is 0 Å². The van der Waals surface area contributed by atoms with Gasteiger partial charge in [-0.05, 0) is 43.0 Å². The second-order valence-electron chi connectivity index (χ2n) is 4.96. The van der Waals surface area contributed by atoms with Gasteiger partial charge in [0.1, 0.15) is 5.75 Å². The van der Waals surface area contributed by atoms with E-state index in [9.17, 15) is 4.79 Å². The quantitative estimate of drug-likeness (QED) is 0.831. The largest absolute Gasteiger partial charge is 0.493 e. The highest BCUT2D eigenvalue weighted by molar-refractivity contribution is 7.82. The predicted octanol–water partition coefficient (Wildman–Crippen LogP) is 3.38. The number of nitrogens with two attached hydrogens (primary N) is 1. The normalized spacial score (nSPS) is 16.1. The molecule has 1 aliphatic rings. The van der Waals surface area contributed by atoms with Crippen LogP contribution in [0.3, 0.4) is 0 Å². The van der Waals surface area contributed by atoms with Gasteiger partial charge in [-0.3, -0.25) is 0 Å². The zero-order valence-electron chi connectivity index (χ0n) is 10.9. The molecule has 2 amide bonds. The van der Waals surface area contributed by atoms with E-state index in [1.807, 2.05) is 12.1 Å². The zero-order chi connectivity index (χ0) is 13.7. The van der Waals surface area contributed by atoms with Crippen LogP contribution < -0.4 is 14.8 Å². The van der Waals surface area contributed by atoms with Crippen molar-refractivity contribution in [1.29, 1.82) is 0 Å². The molecule has 0 heterocycles. The molecule has 0 spiro atoms. The number of benzene rings is 1. The van der Waals surface area contributed by atoms with Crippen molar-refractivity contribution in [3.05, 3.63) is 24.3 Å². The Labute approximate surface area is 119 Å². The van der Waals surface area contributed by atoms with Crippen molar-refractivity contribution in [2.75, 3.05) is 10.9 Å². The number of thiol groups is 1. The highest BCUT2D eigenvalue weighted by Crippen LogP contribution is 2.25. The first-order chi connectivity index (χ1) is 9.16. The number of carbonyl (C=O) groups is 1. The van der Waals surface area contributed by atoms with Crippen LogP contribution in [0.4, 0.5) is 10.5 Å². The van der Waals surface area contributed by atoms with Crippen molar-refractivity contribution >= 4 is 24.5 Å². The van der Waals surface area contributed by atoms with Crippen molar-refractivity contribution in [1.82, 2.24) is 0 Å². The average molecular weight is 280 g/mol. The van der Waals surface area contributed by atoms with Crippen LogP contribution >= 0.6 is 12.8 Å². The molecule has 4 nitrogen and oxygen atoms in total. The van der Waals surface area contributed by atoms with Crippen LogP contribution in [0.25, 0.3) is 0 Å². The molecule has 0 aromatic heterocycles. The fraction of sp³-hybridized carbons (Fsp3) is 0.500. The molecular weight excluding hydrogens is 260 g/mol. The standard InChI is InChI=1S/C14H20N2O2S/c15-14(17)16(19)12-6-8-13(9-7-12)18-10-11-4-2-1-3-5-11/h6-9,11,19H,1-5,10H2,(H2,15,17). The summed E-state index contributed by atoms with van der Waals surface area (Å²) in [5.41, 5.74) is 5.78. The predicted molar refractivity (Wildman–Crippen MR) is 79.6 cm³/mol. The first-order valence-electron chi connectivity index (χ1n) is 6.68. The topological polar surface area (TPSA) is 55.6 Å². The van der Waals surface area contributed by atoms with Gasteiger partial charge in [-0.15, -0.1) is 0 Å². The average Bonchev–Trinajstić information content (AvgIpc) is 2.46. The number of carbonyl (C=O) groups excluding carboxylic acids is 1. The zero-order valence-corrected chi connectivity index (χ0v) is 11.8. The number of rotatable bonds is 4. The summed E-state index contributed by atoms with van der Waals surface area (Å²) in [4.78, 5) is 11.0. The van der Waals surface area contributed by atoms with E-state index >= 15 is 0 Å². The first kappa shape index (κ1) is 14.1. The van der Waals surface area contributed by atoms with Crippen molar-refractivity contribution < 1.29 is 9.53 Å². The highest BCUT2D eigenvalue weighted by atomic mass is 32.1. The molecule has 0 saturated heterocycles. The van der Waals surface area contributed by atoms with Gasteiger partial charge in [0.15, 0.2) is 0 Å². The van der Waals surface area contributed by atoms with Gasteiger partial charge in [-0.1, -0.05) is 32.1 Å². The number of nitrogens with zero attached hydrogens (tertiary/aromatic N) is 1. The first-order valence-corrected chi connectivity index (χ1v) is 7.08. The van der Waals surface area contributed by atoms with Crippen LogP contribution in [-0.2, 0) is 0 Å². The van der Waals surface area contributed by atoms with E-state index < -0.39 is 6.03 Å². The summed E-state index contributed by atoms with van der Waals surface area (Å²) in [5, 5.41) is 0. The van der Waals surface area contributed by atoms with Gasteiger partial charge in [-0.2, -0.15) is 0 Å². The van der Waals surface area contributed by atoms with E-state index in [4.69, 9.17) is 10.5 Å². The second kappa shape index (κ2) is 6.70. The molecule has 1 aromatic carbocycles. The van der Waals surface area contributed by atoms with Crippen LogP contribution in [0, 0.1) is 5.92 Å². The van der Waals surface area contributed by atoms with Gasteiger partial charge in [0.05, 0.1) is 12.3 Å². The maximum atomic E-state index is 11.0. The molecule has 0 atom stereocenters. The molecule has 2 N–H and O–H groups in total. The molecule has 1 fully saturated rings. The molecular formula is C14H20N2O2S. The monoisotopic (exact) mass is 280 g/mol. The smallest absolute Gasteiger partial charge is 0.329 e. The van der Waals surface area contributed by atoms with E-state index in [-0.39, 0.29) is 0 Å². The van der Waals surface area contributed by atoms with Crippen molar-refractivity contribution in [3.8, 4) is 5.75 Å². The fourth-order valence-corrected chi connectivity index (χ4v) is 2.51. The molecule has 1 aliphatic carbocycles. The maximum absolute atomic E-state index is 11.0. The molecule has 0 bridgehead atoms. The Kier molecular flexibility index (Phi) is 4.96. The molecule has 0 radical (unpaired) electrons. The van der Waals surface area contributed by atoms with E-state index in [0.29, 0.717) is 11.6 Å². The molecule has 5 heteroatoms. The molecule has 2 rings (SSSR count). The third-order valence-electron chi connectivity index (χ3n) is 3.50. The lowest BCUT2D eigenvalue weighted by atomic mass is 9.90. The number of amides is 2. The summed E-state index contributed by atoms with van der Waals surface area (Å²) >= 11 is 4.00. The van der Waals surface area contributed by atoms with Crippen molar-refractivity contribution in [2.45, 2.75) is 32.1 Å². The summed E-state index contributed by atoms with van der Waals surface area (Å²) in [6, 6.07) is 6.62. The molecule has 0 unspecified atom stereocenters. The van der Waals surface area contributed by atoms with E-state index in [2.05, 4.69) is 12.8 Å². The molecule has 0 aliphatic heterocycles. The SMILES string of the molecule is NC(=O)N(S)c1ccc(OCC2CCCCC2)cc1. The van der Waals surface area contributed by atoms with Crippen LogP contribution in [0.1, 0.15) is 32.1 Å². The lowest BCUT2D eigenvalue weighted by molar-refractivity contribution is 0.209. The lowest BCUT2D eigenvalue weighted by Crippen LogP contribution is -2.27. The minimum absolute atomic E-state index is 0.598. The van der Waals surface area contributed by atoms with Crippen LogP contribution in [-0.4, -0.2) is 12.6 Å². The van der Waals surface area contributed by atoms with E-state index in [0.717, 1.165) is 16.7 Å². The molecule has 19 heavy (non-hydrogen) atoms. The number of ether oxygens (including phenoxy) is 1. The van der Waals surface area contributed by atoms with Crippen LogP contribution in [0.5, 0.6) is 5.75 Å². The number of hydrogen-bond donors (Lipinski definition) is 2. The van der Waals surface area contributed by atoms with Gasteiger partial charge < -0.3 is 10.5 Å². The molecule has 1 aromatic rings. The number of hydrogen-bond acceptors (Lipinski definition) is 3. The van der Waals surface area contributed by atoms with Gasteiger partial charge in [0.25, 0.3) is 0 Å².